The van der Waals surface area contributed by atoms with Crippen molar-refractivity contribution in [3.05, 3.63) is 59.7 Å². The van der Waals surface area contributed by atoms with Gasteiger partial charge in [0, 0.05) is 12.5 Å². The molecule has 1 atom stereocenters. The Labute approximate surface area is 216 Å². The number of benzene rings is 2. The fourth-order valence-corrected chi connectivity index (χ4v) is 4.21. The van der Waals surface area contributed by atoms with E-state index in [9.17, 15) is 14.4 Å². The third kappa shape index (κ3) is 7.96. The van der Waals surface area contributed by atoms with Crippen LogP contribution in [0.3, 0.4) is 0 Å². The van der Waals surface area contributed by atoms with E-state index in [0.29, 0.717) is 6.42 Å². The summed E-state index contributed by atoms with van der Waals surface area (Å²) in [5, 5.41) is 5.13. The summed E-state index contributed by atoms with van der Waals surface area (Å²) in [7, 11) is 0. The Kier molecular flexibility index (Phi) is 9.10. The second-order valence-corrected chi connectivity index (χ2v) is 9.78. The van der Waals surface area contributed by atoms with Crippen LogP contribution in [0, 0.1) is 0 Å². The highest BCUT2D eigenvalue weighted by molar-refractivity contribution is 5.88. The second kappa shape index (κ2) is 12.2. The summed E-state index contributed by atoms with van der Waals surface area (Å²) in [6.45, 7) is 5.27. The van der Waals surface area contributed by atoms with Gasteiger partial charge in [-0.05, 0) is 55.9 Å². The number of ether oxygens (including phenoxy) is 2. The summed E-state index contributed by atoms with van der Waals surface area (Å²) in [6.07, 6.45) is -0.0751. The van der Waals surface area contributed by atoms with E-state index in [2.05, 4.69) is 27.8 Å². The van der Waals surface area contributed by atoms with Crippen LogP contribution in [0.2, 0.25) is 0 Å². The molecule has 0 aliphatic heterocycles. The first kappa shape index (κ1) is 27.5. The van der Waals surface area contributed by atoms with E-state index in [1.165, 1.54) is 0 Å². The maximum Gasteiger partial charge on any atom is 0.407 e. The van der Waals surface area contributed by atoms with Crippen molar-refractivity contribution in [3.63, 3.8) is 0 Å². The Balaban J connectivity index is 1.61. The first-order chi connectivity index (χ1) is 17.5. The molecule has 2 amide bonds. The molecule has 0 spiro atoms. The highest BCUT2D eigenvalue weighted by Crippen LogP contribution is 2.44. The van der Waals surface area contributed by atoms with Gasteiger partial charge in [0.1, 0.15) is 24.8 Å². The maximum atomic E-state index is 12.8. The van der Waals surface area contributed by atoms with Gasteiger partial charge in [-0.2, -0.15) is 0 Å². The van der Waals surface area contributed by atoms with E-state index >= 15 is 0 Å². The van der Waals surface area contributed by atoms with Crippen LogP contribution in [0.25, 0.3) is 11.1 Å². The average Bonchev–Trinajstić information content (AvgIpc) is 3.15. The number of nitrogens with zero attached hydrogens (tertiary/aromatic N) is 1. The molecule has 1 aliphatic rings. The number of hydrogen-bond donors (Lipinski definition) is 4. The van der Waals surface area contributed by atoms with Gasteiger partial charge in [0.2, 0.25) is 5.91 Å². The third-order valence-electron chi connectivity index (χ3n) is 5.72. The molecule has 2 aromatic carbocycles. The molecular formula is C27H35N5O5. The third-order valence-corrected chi connectivity index (χ3v) is 5.72. The highest BCUT2D eigenvalue weighted by atomic mass is 16.6. The van der Waals surface area contributed by atoms with E-state index in [4.69, 9.17) is 20.9 Å². The van der Waals surface area contributed by atoms with Crippen molar-refractivity contribution in [1.29, 1.82) is 0 Å². The second-order valence-electron chi connectivity index (χ2n) is 9.78. The first-order valence-electron chi connectivity index (χ1n) is 12.2. The predicted octanol–water partition coefficient (Wildman–Crippen LogP) is 2.41. The summed E-state index contributed by atoms with van der Waals surface area (Å²) in [5.74, 6) is -1.29. The number of guanidine groups is 1. The molecule has 0 saturated carbocycles. The number of rotatable bonds is 10. The van der Waals surface area contributed by atoms with Crippen LogP contribution in [0.15, 0.2) is 53.5 Å². The van der Waals surface area contributed by atoms with E-state index < -0.39 is 29.6 Å². The summed E-state index contributed by atoms with van der Waals surface area (Å²) in [4.78, 5) is 41.4. The number of esters is 1. The normalized spacial score (nSPS) is 13.1. The van der Waals surface area contributed by atoms with Crippen molar-refractivity contribution >= 4 is 23.9 Å². The molecule has 10 heteroatoms. The number of hydrogen-bond acceptors (Lipinski definition) is 6. The highest BCUT2D eigenvalue weighted by Gasteiger charge is 2.30. The van der Waals surface area contributed by atoms with Crippen LogP contribution >= 0.6 is 0 Å². The molecule has 6 N–H and O–H groups in total. The molecule has 0 bridgehead atoms. The van der Waals surface area contributed by atoms with Crippen molar-refractivity contribution < 1.29 is 23.9 Å². The Morgan fingerprint density at radius 1 is 1.00 bits per heavy atom. The minimum absolute atomic E-state index is 0.0598. The van der Waals surface area contributed by atoms with Crippen molar-refractivity contribution in [2.75, 3.05) is 19.7 Å². The van der Waals surface area contributed by atoms with Gasteiger partial charge < -0.3 is 31.6 Å². The number of nitrogens with one attached hydrogen (secondary N) is 2. The summed E-state index contributed by atoms with van der Waals surface area (Å²) >= 11 is 0. The molecule has 0 heterocycles. The van der Waals surface area contributed by atoms with Crippen LogP contribution < -0.4 is 22.1 Å². The summed E-state index contributed by atoms with van der Waals surface area (Å²) in [5.41, 5.74) is 14.4. The zero-order chi connectivity index (χ0) is 27.0. The Morgan fingerprint density at radius 3 is 2.16 bits per heavy atom. The molecule has 0 radical (unpaired) electrons. The molecule has 198 valence electrons. The SMILES string of the molecule is CC(C)(C)OC(=O)CNC(=O)[C@H](CCCN=C(N)N)NC(=O)OCC1c2ccccc2-c2ccccc21. The smallest absolute Gasteiger partial charge is 0.407 e. The van der Waals surface area contributed by atoms with Gasteiger partial charge in [0.05, 0.1) is 0 Å². The van der Waals surface area contributed by atoms with Gasteiger partial charge in [0.15, 0.2) is 5.96 Å². The Bertz CT molecular complexity index is 1110. The number of aliphatic imine (C=N–C) groups is 1. The minimum Gasteiger partial charge on any atom is -0.459 e. The maximum absolute atomic E-state index is 12.8. The number of nitrogens with two attached hydrogens (primary N) is 2. The topological polar surface area (TPSA) is 158 Å². The summed E-state index contributed by atoms with van der Waals surface area (Å²) < 4.78 is 10.8. The van der Waals surface area contributed by atoms with Gasteiger partial charge in [-0.1, -0.05) is 48.5 Å². The molecular weight excluding hydrogens is 474 g/mol. The fraction of sp³-hybridized carbons (Fsp3) is 0.407. The number of fused-ring (bicyclic) bond motifs is 3. The zero-order valence-electron chi connectivity index (χ0n) is 21.5. The standard InChI is InChI=1S/C27H35N5O5/c1-27(2,3)37-23(33)15-31-24(34)22(13-8-14-30-25(28)29)32-26(35)36-16-21-19-11-6-4-9-17(19)18-10-5-7-12-20(18)21/h4-7,9-12,21-22H,8,13-16H2,1-3H3,(H,31,34)(H,32,35)(H4,28,29,30)/t22-/m0/s1. The van der Waals surface area contributed by atoms with Crippen LogP contribution in [0.1, 0.15) is 50.7 Å². The monoisotopic (exact) mass is 509 g/mol. The van der Waals surface area contributed by atoms with Crippen molar-refractivity contribution in [1.82, 2.24) is 10.6 Å². The molecule has 0 saturated heterocycles. The van der Waals surface area contributed by atoms with E-state index in [0.717, 1.165) is 22.3 Å². The lowest BCUT2D eigenvalue weighted by molar-refractivity contribution is -0.154. The largest absolute Gasteiger partial charge is 0.459 e. The number of carbonyl (C=O) groups excluding carboxylic acids is 3. The van der Waals surface area contributed by atoms with E-state index in [1.54, 1.807) is 20.8 Å². The number of amides is 2. The van der Waals surface area contributed by atoms with Crippen LogP contribution in [0.5, 0.6) is 0 Å². The molecule has 37 heavy (non-hydrogen) atoms. The predicted molar refractivity (Wildman–Crippen MR) is 141 cm³/mol. The molecule has 2 aromatic rings. The Morgan fingerprint density at radius 2 is 1.59 bits per heavy atom. The van der Waals surface area contributed by atoms with Gasteiger partial charge in [-0.15, -0.1) is 0 Å². The molecule has 0 aromatic heterocycles. The Hall–Kier alpha value is -4.08. The first-order valence-corrected chi connectivity index (χ1v) is 12.2. The van der Waals surface area contributed by atoms with Gasteiger partial charge in [0.25, 0.3) is 0 Å². The zero-order valence-corrected chi connectivity index (χ0v) is 21.5. The van der Waals surface area contributed by atoms with E-state index in [-0.39, 0.29) is 38.0 Å². The van der Waals surface area contributed by atoms with Crippen LogP contribution in [-0.2, 0) is 19.1 Å². The van der Waals surface area contributed by atoms with Crippen LogP contribution in [0.4, 0.5) is 4.79 Å². The fourth-order valence-electron chi connectivity index (χ4n) is 4.21. The van der Waals surface area contributed by atoms with Crippen molar-refractivity contribution in [2.45, 2.75) is 51.2 Å². The van der Waals surface area contributed by atoms with Crippen molar-refractivity contribution in [2.24, 2.45) is 16.5 Å². The lowest BCUT2D eigenvalue weighted by Gasteiger charge is -2.21. The van der Waals surface area contributed by atoms with Gasteiger partial charge in [-0.25, -0.2) is 4.79 Å². The van der Waals surface area contributed by atoms with Crippen molar-refractivity contribution in [3.8, 4) is 11.1 Å². The molecule has 0 unspecified atom stereocenters. The summed E-state index contributed by atoms with van der Waals surface area (Å²) in [6, 6.07) is 15.1. The minimum atomic E-state index is -0.952. The average molecular weight is 510 g/mol. The molecule has 1 aliphatic carbocycles. The molecule has 3 rings (SSSR count). The molecule has 10 nitrogen and oxygen atoms in total. The lowest BCUT2D eigenvalue weighted by Crippen LogP contribution is -2.48. The van der Waals surface area contributed by atoms with Crippen LogP contribution in [-0.4, -0.2) is 55.3 Å². The number of carbonyl (C=O) groups is 3. The van der Waals surface area contributed by atoms with Gasteiger partial charge in [-0.3, -0.25) is 14.6 Å². The molecule has 0 fully saturated rings. The van der Waals surface area contributed by atoms with E-state index in [1.807, 2.05) is 36.4 Å². The lowest BCUT2D eigenvalue weighted by atomic mass is 9.98. The number of alkyl carbamates (subject to hydrolysis) is 1. The van der Waals surface area contributed by atoms with Gasteiger partial charge >= 0.3 is 12.1 Å². The quantitative estimate of drug-likeness (QED) is 0.166.